The molecule has 4 rings (SSSR count). The van der Waals surface area contributed by atoms with Gasteiger partial charge in [0.1, 0.15) is 17.1 Å². The largest absolute Gasteiger partial charge is 0.496 e. The van der Waals surface area contributed by atoms with Gasteiger partial charge in [0, 0.05) is 33.6 Å². The van der Waals surface area contributed by atoms with Gasteiger partial charge in [0.05, 0.1) is 19.1 Å². The highest BCUT2D eigenvalue weighted by Crippen LogP contribution is 2.37. The normalized spacial score (nSPS) is 11.6. The molecule has 0 bridgehead atoms. The molecule has 162 valence electrons. The lowest BCUT2D eigenvalue weighted by atomic mass is 9.99. The quantitative estimate of drug-likeness (QED) is 0.255. The molecule has 0 aliphatic carbocycles. The number of carbonyl (C=O) groups excluding carboxylic acids is 1. The number of methoxy groups -OCH3 is 1. The summed E-state index contributed by atoms with van der Waals surface area (Å²) < 4.78 is 24.6. The Hall–Kier alpha value is -3.51. The molecule has 0 aliphatic heterocycles. The van der Waals surface area contributed by atoms with Crippen LogP contribution >= 0.6 is 11.8 Å². The number of halogens is 1. The standard InChI is InChI=1S/C26H22FNO3S/c1-16(12-26(29)28-22-6-4-5-7-25(22)32-3)19-13-20-21(17-8-10-18(27)11-9-17)15-31-24(20)14-23(19)30-2/h4-15H,1-3H3,(H,28,29)/b16-12+. The third-order valence-electron chi connectivity index (χ3n) is 5.19. The Labute approximate surface area is 190 Å². The SMILES string of the molecule is COc1cc2occ(-c3ccc(F)cc3)c2cc1/C(C)=C/C(=O)Nc1ccccc1SC. The highest BCUT2D eigenvalue weighted by atomic mass is 32.2. The zero-order valence-corrected chi connectivity index (χ0v) is 18.8. The van der Waals surface area contributed by atoms with Gasteiger partial charge in [-0.3, -0.25) is 4.79 Å². The number of furan rings is 1. The van der Waals surface area contributed by atoms with Crippen molar-refractivity contribution >= 4 is 39.9 Å². The van der Waals surface area contributed by atoms with Crippen LogP contribution in [0.4, 0.5) is 10.1 Å². The van der Waals surface area contributed by atoms with E-state index >= 15 is 0 Å². The molecule has 4 aromatic rings. The number of amides is 1. The van der Waals surface area contributed by atoms with E-state index in [1.165, 1.54) is 12.1 Å². The lowest BCUT2D eigenvalue weighted by Gasteiger charge is -2.11. The third kappa shape index (κ3) is 4.41. The molecular weight excluding hydrogens is 425 g/mol. The third-order valence-corrected chi connectivity index (χ3v) is 5.98. The van der Waals surface area contributed by atoms with Crippen LogP contribution in [0.5, 0.6) is 5.75 Å². The van der Waals surface area contributed by atoms with Crippen LogP contribution in [0.3, 0.4) is 0 Å². The van der Waals surface area contributed by atoms with E-state index in [2.05, 4.69) is 5.32 Å². The number of ether oxygens (including phenoxy) is 1. The summed E-state index contributed by atoms with van der Waals surface area (Å²) in [6, 6.07) is 17.7. The monoisotopic (exact) mass is 447 g/mol. The average Bonchev–Trinajstić information content (AvgIpc) is 3.21. The first-order valence-corrected chi connectivity index (χ1v) is 11.2. The molecule has 32 heavy (non-hydrogen) atoms. The molecule has 3 aromatic carbocycles. The van der Waals surface area contributed by atoms with Crippen molar-refractivity contribution in [2.75, 3.05) is 18.7 Å². The summed E-state index contributed by atoms with van der Waals surface area (Å²) in [5.41, 5.74) is 4.62. The smallest absolute Gasteiger partial charge is 0.248 e. The Kier molecular flexibility index (Phi) is 6.32. The van der Waals surface area contributed by atoms with Gasteiger partial charge in [0.2, 0.25) is 5.91 Å². The van der Waals surface area contributed by atoms with E-state index in [-0.39, 0.29) is 11.7 Å². The second-order valence-corrected chi connectivity index (χ2v) is 8.07. The molecule has 6 heteroatoms. The zero-order chi connectivity index (χ0) is 22.7. The van der Waals surface area contributed by atoms with Crippen LogP contribution in [0.2, 0.25) is 0 Å². The van der Waals surface area contributed by atoms with Crippen LogP contribution in [0.15, 0.2) is 82.3 Å². The van der Waals surface area contributed by atoms with Gasteiger partial charge < -0.3 is 14.5 Å². The van der Waals surface area contributed by atoms with E-state index in [9.17, 15) is 9.18 Å². The highest BCUT2D eigenvalue weighted by molar-refractivity contribution is 7.98. The van der Waals surface area contributed by atoms with Crippen LogP contribution < -0.4 is 10.1 Å². The summed E-state index contributed by atoms with van der Waals surface area (Å²) in [5, 5.41) is 3.80. The van der Waals surface area contributed by atoms with E-state index in [0.717, 1.165) is 38.2 Å². The van der Waals surface area contributed by atoms with Gasteiger partial charge in [-0.1, -0.05) is 24.3 Å². The predicted molar refractivity (Wildman–Crippen MR) is 129 cm³/mol. The minimum atomic E-state index is -0.295. The number of rotatable bonds is 6. The van der Waals surface area contributed by atoms with Gasteiger partial charge in [0.15, 0.2) is 0 Å². The van der Waals surface area contributed by atoms with Crippen molar-refractivity contribution in [3.8, 4) is 16.9 Å². The van der Waals surface area contributed by atoms with Crippen molar-refractivity contribution in [2.45, 2.75) is 11.8 Å². The zero-order valence-electron chi connectivity index (χ0n) is 17.9. The Morgan fingerprint density at radius 2 is 1.88 bits per heavy atom. The van der Waals surface area contributed by atoms with Crippen molar-refractivity contribution in [1.29, 1.82) is 0 Å². The molecule has 0 spiro atoms. The van der Waals surface area contributed by atoms with E-state index < -0.39 is 0 Å². The molecule has 0 aliphatic rings. The van der Waals surface area contributed by atoms with E-state index in [0.29, 0.717) is 11.3 Å². The maximum absolute atomic E-state index is 13.3. The first-order valence-electron chi connectivity index (χ1n) is 9.98. The lowest BCUT2D eigenvalue weighted by molar-refractivity contribution is -0.111. The van der Waals surface area contributed by atoms with Crippen molar-refractivity contribution in [2.24, 2.45) is 0 Å². The molecule has 1 N–H and O–H groups in total. The predicted octanol–water partition coefficient (Wildman–Crippen LogP) is 7.01. The van der Waals surface area contributed by atoms with Crippen LogP contribution in [-0.4, -0.2) is 19.3 Å². The fourth-order valence-electron chi connectivity index (χ4n) is 3.58. The number of benzene rings is 3. The number of para-hydroxylation sites is 1. The van der Waals surface area contributed by atoms with E-state index in [1.54, 1.807) is 49.4 Å². The molecule has 0 saturated carbocycles. The molecule has 0 fully saturated rings. The van der Waals surface area contributed by atoms with Crippen LogP contribution in [0.1, 0.15) is 12.5 Å². The molecule has 4 nitrogen and oxygen atoms in total. The number of anilines is 1. The lowest BCUT2D eigenvalue weighted by Crippen LogP contribution is -2.09. The fraction of sp³-hybridized carbons (Fsp3) is 0.115. The van der Waals surface area contributed by atoms with Crippen molar-refractivity contribution in [1.82, 2.24) is 0 Å². The molecule has 0 atom stereocenters. The molecule has 1 amide bonds. The number of thioether (sulfide) groups is 1. The first kappa shape index (κ1) is 21.7. The summed E-state index contributed by atoms with van der Waals surface area (Å²) in [5.74, 6) is 0.0809. The van der Waals surface area contributed by atoms with Gasteiger partial charge >= 0.3 is 0 Å². The van der Waals surface area contributed by atoms with Gasteiger partial charge in [-0.25, -0.2) is 4.39 Å². The van der Waals surface area contributed by atoms with Crippen LogP contribution in [-0.2, 0) is 4.79 Å². The Balaban J connectivity index is 1.71. The number of nitrogens with one attached hydrogen (secondary N) is 1. The maximum atomic E-state index is 13.3. The number of allylic oxidation sites excluding steroid dienone is 1. The van der Waals surface area contributed by atoms with Gasteiger partial charge in [-0.05, 0) is 54.6 Å². The van der Waals surface area contributed by atoms with Gasteiger partial charge in [-0.2, -0.15) is 0 Å². The highest BCUT2D eigenvalue weighted by Gasteiger charge is 2.15. The molecule has 1 heterocycles. The minimum absolute atomic E-state index is 0.225. The summed E-state index contributed by atoms with van der Waals surface area (Å²) in [6.07, 6.45) is 5.17. The molecule has 0 radical (unpaired) electrons. The number of carbonyl (C=O) groups is 1. The average molecular weight is 448 g/mol. The fourth-order valence-corrected chi connectivity index (χ4v) is 4.13. The number of hydrogen-bond acceptors (Lipinski definition) is 4. The van der Waals surface area contributed by atoms with E-state index in [4.69, 9.17) is 9.15 Å². The Bertz CT molecular complexity index is 1310. The molecule has 1 aromatic heterocycles. The molecule has 0 unspecified atom stereocenters. The van der Waals surface area contributed by atoms with Gasteiger partial charge in [0.25, 0.3) is 0 Å². The van der Waals surface area contributed by atoms with E-state index in [1.807, 2.05) is 43.5 Å². The molecule has 0 saturated heterocycles. The summed E-state index contributed by atoms with van der Waals surface area (Å²) in [4.78, 5) is 13.7. The Morgan fingerprint density at radius 3 is 2.59 bits per heavy atom. The maximum Gasteiger partial charge on any atom is 0.248 e. The second kappa shape index (κ2) is 9.32. The second-order valence-electron chi connectivity index (χ2n) is 7.22. The van der Waals surface area contributed by atoms with Crippen LogP contribution in [0.25, 0.3) is 27.7 Å². The van der Waals surface area contributed by atoms with Crippen LogP contribution in [0, 0.1) is 5.82 Å². The minimum Gasteiger partial charge on any atom is -0.496 e. The topological polar surface area (TPSA) is 51.5 Å². The summed E-state index contributed by atoms with van der Waals surface area (Å²) in [6.45, 7) is 1.86. The van der Waals surface area contributed by atoms with Crippen molar-refractivity contribution in [3.05, 3.63) is 84.4 Å². The van der Waals surface area contributed by atoms with Crippen molar-refractivity contribution < 1.29 is 18.3 Å². The van der Waals surface area contributed by atoms with Crippen molar-refractivity contribution in [3.63, 3.8) is 0 Å². The Morgan fingerprint density at radius 1 is 1.12 bits per heavy atom. The summed E-state index contributed by atoms with van der Waals surface area (Å²) in [7, 11) is 1.58. The van der Waals surface area contributed by atoms with Gasteiger partial charge in [-0.15, -0.1) is 11.8 Å². The molecular formula is C26H22FNO3S. The number of hydrogen-bond donors (Lipinski definition) is 1. The first-order chi connectivity index (χ1) is 15.5. The summed E-state index contributed by atoms with van der Waals surface area (Å²) >= 11 is 1.57. The number of fused-ring (bicyclic) bond motifs is 1.